The number of rotatable bonds is 5. The zero-order valence-electron chi connectivity index (χ0n) is 14.2. The van der Waals surface area contributed by atoms with Gasteiger partial charge in [0.2, 0.25) is 5.91 Å². The van der Waals surface area contributed by atoms with Gasteiger partial charge in [0.15, 0.2) is 0 Å². The topological polar surface area (TPSA) is 77.0 Å². The zero-order valence-corrected chi connectivity index (χ0v) is 14.2. The van der Waals surface area contributed by atoms with E-state index in [0.717, 1.165) is 42.2 Å². The van der Waals surface area contributed by atoms with E-state index in [-0.39, 0.29) is 11.9 Å². The maximum absolute atomic E-state index is 12.5. The van der Waals surface area contributed by atoms with Gasteiger partial charge in [-0.25, -0.2) is 4.68 Å². The molecule has 0 aromatic carbocycles. The van der Waals surface area contributed by atoms with E-state index in [0.29, 0.717) is 18.8 Å². The van der Waals surface area contributed by atoms with E-state index < -0.39 is 0 Å². The molecule has 7 heteroatoms. The molecule has 128 valence electrons. The molecular formula is C17H23N5O2. The van der Waals surface area contributed by atoms with Crippen LogP contribution in [0.25, 0.3) is 0 Å². The third-order valence-corrected chi connectivity index (χ3v) is 5.18. The number of aryl methyl sites for hydroxylation is 2. The van der Waals surface area contributed by atoms with Crippen LogP contribution < -0.4 is 0 Å². The molecule has 7 nitrogen and oxygen atoms in total. The van der Waals surface area contributed by atoms with E-state index in [1.807, 2.05) is 23.4 Å². The van der Waals surface area contributed by atoms with Crippen LogP contribution in [-0.2, 0) is 11.2 Å². The molecule has 2 aromatic heterocycles. The van der Waals surface area contributed by atoms with Crippen molar-refractivity contribution in [3.05, 3.63) is 28.9 Å². The zero-order chi connectivity index (χ0) is 16.7. The number of carbonyl (C=O) groups excluding carboxylic acids is 1. The van der Waals surface area contributed by atoms with Gasteiger partial charge in [-0.2, -0.15) is 0 Å². The molecule has 1 amide bonds. The van der Waals surface area contributed by atoms with Crippen molar-refractivity contribution < 1.29 is 9.32 Å². The second-order valence-electron chi connectivity index (χ2n) is 6.98. The number of likely N-dealkylation sites (tertiary alicyclic amines) is 1. The van der Waals surface area contributed by atoms with Gasteiger partial charge in [0.1, 0.15) is 5.76 Å². The van der Waals surface area contributed by atoms with E-state index >= 15 is 0 Å². The van der Waals surface area contributed by atoms with E-state index in [4.69, 9.17) is 4.52 Å². The first-order valence-electron chi connectivity index (χ1n) is 8.73. The maximum Gasteiger partial charge on any atom is 0.222 e. The molecule has 4 rings (SSSR count). The lowest BCUT2D eigenvalue weighted by atomic mass is 10.1. The SMILES string of the molecule is Cc1noc(C)c1CCC(=O)N1CC[C@H](n2cc(C3CC3)nn2)C1. The lowest BCUT2D eigenvalue weighted by Crippen LogP contribution is -2.29. The van der Waals surface area contributed by atoms with E-state index in [9.17, 15) is 4.79 Å². The van der Waals surface area contributed by atoms with E-state index in [2.05, 4.69) is 21.7 Å². The van der Waals surface area contributed by atoms with Crippen LogP contribution in [0.15, 0.2) is 10.7 Å². The number of aromatic nitrogens is 4. The van der Waals surface area contributed by atoms with Gasteiger partial charge in [0.05, 0.1) is 17.4 Å². The highest BCUT2D eigenvalue weighted by molar-refractivity contribution is 5.76. The monoisotopic (exact) mass is 329 g/mol. The van der Waals surface area contributed by atoms with Gasteiger partial charge in [-0.15, -0.1) is 5.10 Å². The summed E-state index contributed by atoms with van der Waals surface area (Å²) in [6.45, 7) is 5.34. The molecule has 1 atom stereocenters. The summed E-state index contributed by atoms with van der Waals surface area (Å²) in [5.74, 6) is 1.63. The Balaban J connectivity index is 1.33. The Morgan fingerprint density at radius 3 is 2.88 bits per heavy atom. The average molecular weight is 329 g/mol. The molecule has 1 saturated heterocycles. The summed E-state index contributed by atoms with van der Waals surface area (Å²) in [6, 6.07) is 0.257. The third kappa shape index (κ3) is 2.95. The van der Waals surface area contributed by atoms with E-state index in [1.165, 1.54) is 12.8 Å². The smallest absolute Gasteiger partial charge is 0.222 e. The highest BCUT2D eigenvalue weighted by atomic mass is 16.5. The summed E-state index contributed by atoms with van der Waals surface area (Å²) < 4.78 is 7.11. The van der Waals surface area contributed by atoms with Gasteiger partial charge < -0.3 is 9.42 Å². The molecule has 2 fully saturated rings. The number of hydrogen-bond acceptors (Lipinski definition) is 5. The Morgan fingerprint density at radius 1 is 1.33 bits per heavy atom. The minimum atomic E-state index is 0.194. The summed E-state index contributed by atoms with van der Waals surface area (Å²) >= 11 is 0. The molecule has 0 bridgehead atoms. The fourth-order valence-corrected chi connectivity index (χ4v) is 3.47. The fraction of sp³-hybridized carbons (Fsp3) is 0.647. The predicted octanol–water partition coefficient (Wildman–Crippen LogP) is 2.17. The molecule has 0 unspecified atom stereocenters. The maximum atomic E-state index is 12.5. The summed E-state index contributed by atoms with van der Waals surface area (Å²) in [5, 5.41) is 12.5. The lowest BCUT2D eigenvalue weighted by molar-refractivity contribution is -0.130. The Labute approximate surface area is 141 Å². The van der Waals surface area contributed by atoms with Gasteiger partial charge in [0, 0.05) is 37.2 Å². The molecule has 0 N–H and O–H groups in total. The van der Waals surface area contributed by atoms with Crippen LogP contribution in [0.4, 0.5) is 0 Å². The highest BCUT2D eigenvalue weighted by Crippen LogP contribution is 2.39. The summed E-state index contributed by atoms with van der Waals surface area (Å²) in [7, 11) is 0. The fourth-order valence-electron chi connectivity index (χ4n) is 3.47. The number of carbonyl (C=O) groups is 1. The lowest BCUT2D eigenvalue weighted by Gasteiger charge is -2.16. The van der Waals surface area contributed by atoms with Crippen LogP contribution in [0.2, 0.25) is 0 Å². The van der Waals surface area contributed by atoms with E-state index in [1.54, 1.807) is 0 Å². The first kappa shape index (κ1) is 15.4. The van der Waals surface area contributed by atoms with Crippen molar-refractivity contribution in [2.45, 2.75) is 57.9 Å². The average Bonchev–Trinajstić information content (AvgIpc) is 2.99. The minimum absolute atomic E-state index is 0.194. The van der Waals surface area contributed by atoms with Crippen molar-refractivity contribution in [3.8, 4) is 0 Å². The second kappa shape index (κ2) is 6.03. The summed E-state index contributed by atoms with van der Waals surface area (Å²) in [6.07, 6.45) is 6.67. The highest BCUT2D eigenvalue weighted by Gasteiger charge is 2.31. The Bertz CT molecular complexity index is 726. The largest absolute Gasteiger partial charge is 0.361 e. The van der Waals surface area contributed by atoms with Crippen LogP contribution in [0.5, 0.6) is 0 Å². The molecule has 1 aliphatic carbocycles. The molecule has 2 aromatic rings. The van der Waals surface area contributed by atoms with Crippen LogP contribution in [0.3, 0.4) is 0 Å². The number of hydrogen-bond donors (Lipinski definition) is 0. The number of amides is 1. The van der Waals surface area contributed by atoms with Crippen LogP contribution >= 0.6 is 0 Å². The van der Waals surface area contributed by atoms with Crippen molar-refractivity contribution >= 4 is 5.91 Å². The van der Waals surface area contributed by atoms with Gasteiger partial charge in [-0.3, -0.25) is 4.79 Å². The molecular weight excluding hydrogens is 306 g/mol. The standard InChI is InChI=1S/C17H23N5O2/c1-11-15(12(2)24-19-11)5-6-17(23)21-8-7-14(9-21)22-10-16(18-20-22)13-3-4-13/h10,13-14H,3-9H2,1-2H3/t14-/m0/s1. The van der Waals surface area contributed by atoms with Crippen molar-refractivity contribution in [2.75, 3.05) is 13.1 Å². The third-order valence-electron chi connectivity index (χ3n) is 5.18. The predicted molar refractivity (Wildman–Crippen MR) is 86.5 cm³/mol. The van der Waals surface area contributed by atoms with Crippen molar-refractivity contribution in [1.29, 1.82) is 0 Å². The molecule has 3 heterocycles. The number of nitrogens with zero attached hydrogens (tertiary/aromatic N) is 5. The summed E-state index contributed by atoms with van der Waals surface area (Å²) in [4.78, 5) is 14.4. The second-order valence-corrected chi connectivity index (χ2v) is 6.98. The van der Waals surface area contributed by atoms with Gasteiger partial charge in [-0.05, 0) is 39.5 Å². The normalized spacial score (nSPS) is 20.8. The van der Waals surface area contributed by atoms with Gasteiger partial charge in [-0.1, -0.05) is 10.4 Å². The van der Waals surface area contributed by atoms with Crippen LogP contribution in [0, 0.1) is 13.8 Å². The molecule has 1 aliphatic heterocycles. The Kier molecular flexibility index (Phi) is 3.86. The van der Waals surface area contributed by atoms with Gasteiger partial charge in [0.25, 0.3) is 0 Å². The van der Waals surface area contributed by atoms with Crippen LogP contribution in [0.1, 0.15) is 60.4 Å². The first-order chi connectivity index (χ1) is 11.6. The first-order valence-corrected chi connectivity index (χ1v) is 8.73. The van der Waals surface area contributed by atoms with Crippen LogP contribution in [-0.4, -0.2) is 44.0 Å². The molecule has 2 aliphatic rings. The molecule has 24 heavy (non-hydrogen) atoms. The molecule has 1 saturated carbocycles. The summed E-state index contributed by atoms with van der Waals surface area (Å²) in [5.41, 5.74) is 3.05. The van der Waals surface area contributed by atoms with Crippen molar-refractivity contribution in [2.24, 2.45) is 0 Å². The quantitative estimate of drug-likeness (QED) is 0.840. The van der Waals surface area contributed by atoms with Gasteiger partial charge >= 0.3 is 0 Å². The Hall–Kier alpha value is -2.18. The van der Waals surface area contributed by atoms with Crippen molar-refractivity contribution in [3.63, 3.8) is 0 Å². The minimum Gasteiger partial charge on any atom is -0.361 e. The molecule has 0 radical (unpaired) electrons. The Morgan fingerprint density at radius 2 is 2.17 bits per heavy atom. The van der Waals surface area contributed by atoms with Crippen molar-refractivity contribution in [1.82, 2.24) is 25.1 Å². The molecule has 0 spiro atoms.